The lowest BCUT2D eigenvalue weighted by Gasteiger charge is -2.46. The number of likely N-dealkylation sites (N-methyl/N-ethyl adjacent to an activating group) is 1. The van der Waals surface area contributed by atoms with Crippen LogP contribution in [-0.4, -0.2) is 53.6 Å². The molecule has 0 amide bonds. The molecule has 5 heteroatoms. The summed E-state index contributed by atoms with van der Waals surface area (Å²) >= 11 is 0. The molecule has 1 saturated heterocycles. The van der Waals surface area contributed by atoms with Gasteiger partial charge in [-0.15, -0.1) is 0 Å². The summed E-state index contributed by atoms with van der Waals surface area (Å²) in [6.45, 7) is 12.7. The van der Waals surface area contributed by atoms with Gasteiger partial charge in [-0.3, -0.25) is 4.90 Å². The van der Waals surface area contributed by atoms with Crippen molar-refractivity contribution in [2.75, 3.05) is 43.4 Å². The predicted molar refractivity (Wildman–Crippen MR) is 79.9 cm³/mol. The quantitative estimate of drug-likeness (QED) is 0.900. The van der Waals surface area contributed by atoms with Gasteiger partial charge in [-0.05, 0) is 34.7 Å². The number of piperazine rings is 1. The number of aromatic nitrogens is 2. The van der Waals surface area contributed by atoms with Gasteiger partial charge in [0, 0.05) is 37.3 Å². The summed E-state index contributed by atoms with van der Waals surface area (Å²) in [5.41, 5.74) is 1.32. The molecule has 2 heterocycles. The van der Waals surface area contributed by atoms with Crippen LogP contribution in [0.2, 0.25) is 0 Å². The van der Waals surface area contributed by atoms with Crippen molar-refractivity contribution in [1.82, 2.24) is 14.9 Å². The summed E-state index contributed by atoms with van der Waals surface area (Å²) < 4.78 is 0. The van der Waals surface area contributed by atoms with Crippen molar-refractivity contribution in [1.29, 1.82) is 0 Å². The summed E-state index contributed by atoms with van der Waals surface area (Å²) in [7, 11) is 2.19. The Balaban J connectivity index is 2.25. The SMILES string of the molecule is CCNc1ncnc(N2CCN(C)C(C)(C)C2)c1C. The van der Waals surface area contributed by atoms with E-state index in [2.05, 4.69) is 59.8 Å². The molecule has 1 aromatic heterocycles. The zero-order chi connectivity index (χ0) is 14.0. The fourth-order valence-corrected chi connectivity index (χ4v) is 2.53. The van der Waals surface area contributed by atoms with Gasteiger partial charge in [0.1, 0.15) is 18.0 Å². The monoisotopic (exact) mass is 263 g/mol. The Kier molecular flexibility index (Phi) is 3.94. The third-order valence-corrected chi connectivity index (χ3v) is 4.02. The highest BCUT2D eigenvalue weighted by molar-refractivity contribution is 5.58. The molecule has 19 heavy (non-hydrogen) atoms. The van der Waals surface area contributed by atoms with Gasteiger partial charge < -0.3 is 10.2 Å². The van der Waals surface area contributed by atoms with Crippen LogP contribution in [0.3, 0.4) is 0 Å². The van der Waals surface area contributed by atoms with Crippen molar-refractivity contribution in [2.45, 2.75) is 33.2 Å². The number of anilines is 2. The molecule has 5 nitrogen and oxygen atoms in total. The second kappa shape index (κ2) is 5.33. The second-order valence-electron chi connectivity index (χ2n) is 5.86. The van der Waals surface area contributed by atoms with E-state index in [9.17, 15) is 0 Å². The van der Waals surface area contributed by atoms with Crippen molar-refractivity contribution in [3.63, 3.8) is 0 Å². The fraction of sp³-hybridized carbons (Fsp3) is 0.714. The van der Waals surface area contributed by atoms with Crippen LogP contribution >= 0.6 is 0 Å². The van der Waals surface area contributed by atoms with Gasteiger partial charge >= 0.3 is 0 Å². The highest BCUT2D eigenvalue weighted by atomic mass is 15.3. The Morgan fingerprint density at radius 3 is 2.68 bits per heavy atom. The van der Waals surface area contributed by atoms with Crippen molar-refractivity contribution in [3.05, 3.63) is 11.9 Å². The predicted octanol–water partition coefficient (Wildman–Crippen LogP) is 1.75. The first-order valence-corrected chi connectivity index (χ1v) is 6.97. The van der Waals surface area contributed by atoms with E-state index in [1.54, 1.807) is 6.33 Å². The number of hydrogen-bond donors (Lipinski definition) is 1. The molecule has 0 saturated carbocycles. The minimum Gasteiger partial charge on any atom is -0.370 e. The maximum absolute atomic E-state index is 4.49. The van der Waals surface area contributed by atoms with Crippen molar-refractivity contribution < 1.29 is 0 Å². The Hall–Kier alpha value is -1.36. The van der Waals surface area contributed by atoms with Crippen LogP contribution in [-0.2, 0) is 0 Å². The topological polar surface area (TPSA) is 44.3 Å². The third-order valence-electron chi connectivity index (χ3n) is 4.02. The summed E-state index contributed by atoms with van der Waals surface area (Å²) in [6.07, 6.45) is 1.66. The maximum atomic E-state index is 4.49. The fourth-order valence-electron chi connectivity index (χ4n) is 2.53. The van der Waals surface area contributed by atoms with Crippen molar-refractivity contribution >= 4 is 11.6 Å². The lowest BCUT2D eigenvalue weighted by atomic mass is 9.99. The highest BCUT2D eigenvalue weighted by Crippen LogP contribution is 2.27. The van der Waals surface area contributed by atoms with Gasteiger partial charge in [0.15, 0.2) is 0 Å². The molecule has 0 bridgehead atoms. The standard InChI is InChI=1S/C14H25N5/c1-6-15-12-11(2)13(17-10-16-12)19-8-7-18(5)14(3,4)9-19/h10H,6-9H2,1-5H3,(H,15,16,17). The summed E-state index contributed by atoms with van der Waals surface area (Å²) in [5, 5.41) is 3.30. The van der Waals surface area contributed by atoms with Crippen LogP contribution < -0.4 is 10.2 Å². The van der Waals surface area contributed by atoms with Gasteiger partial charge in [-0.2, -0.15) is 0 Å². The average Bonchev–Trinajstić information content (AvgIpc) is 2.36. The Labute approximate surface area is 116 Å². The van der Waals surface area contributed by atoms with E-state index in [4.69, 9.17) is 0 Å². The van der Waals surface area contributed by atoms with E-state index in [0.717, 1.165) is 43.4 Å². The second-order valence-corrected chi connectivity index (χ2v) is 5.86. The number of rotatable bonds is 3. The molecule has 1 aliphatic heterocycles. The Morgan fingerprint density at radius 1 is 1.32 bits per heavy atom. The molecule has 0 aromatic carbocycles. The van der Waals surface area contributed by atoms with Crippen LogP contribution in [0.5, 0.6) is 0 Å². The number of nitrogens with zero attached hydrogens (tertiary/aromatic N) is 4. The third kappa shape index (κ3) is 2.81. The average molecular weight is 263 g/mol. The lowest BCUT2D eigenvalue weighted by Crippen LogP contribution is -2.58. The van der Waals surface area contributed by atoms with E-state index in [1.807, 2.05) is 0 Å². The molecule has 0 radical (unpaired) electrons. The minimum absolute atomic E-state index is 0.175. The lowest BCUT2D eigenvalue weighted by molar-refractivity contribution is 0.138. The first-order chi connectivity index (χ1) is 8.95. The summed E-state index contributed by atoms with van der Waals surface area (Å²) in [4.78, 5) is 13.6. The maximum Gasteiger partial charge on any atom is 0.137 e. The van der Waals surface area contributed by atoms with Crippen LogP contribution in [0.15, 0.2) is 6.33 Å². The molecular formula is C14H25N5. The zero-order valence-corrected chi connectivity index (χ0v) is 12.7. The van der Waals surface area contributed by atoms with E-state index in [1.165, 1.54) is 0 Å². The zero-order valence-electron chi connectivity index (χ0n) is 12.7. The van der Waals surface area contributed by atoms with E-state index >= 15 is 0 Å². The van der Waals surface area contributed by atoms with Gasteiger partial charge in [-0.25, -0.2) is 9.97 Å². The van der Waals surface area contributed by atoms with Gasteiger partial charge in [0.05, 0.1) is 0 Å². The summed E-state index contributed by atoms with van der Waals surface area (Å²) in [5.74, 6) is 2.01. The Bertz CT molecular complexity index is 443. The van der Waals surface area contributed by atoms with Crippen LogP contribution in [0.25, 0.3) is 0 Å². The van der Waals surface area contributed by atoms with E-state index in [0.29, 0.717) is 0 Å². The smallest absolute Gasteiger partial charge is 0.137 e. The molecule has 1 N–H and O–H groups in total. The molecule has 1 fully saturated rings. The molecule has 0 aliphatic carbocycles. The molecule has 0 atom stereocenters. The first kappa shape index (κ1) is 14.1. The molecular weight excluding hydrogens is 238 g/mol. The normalized spacial score (nSPS) is 19.5. The number of nitrogens with one attached hydrogen (secondary N) is 1. The van der Waals surface area contributed by atoms with Gasteiger partial charge in [0.25, 0.3) is 0 Å². The van der Waals surface area contributed by atoms with Gasteiger partial charge in [-0.1, -0.05) is 0 Å². The van der Waals surface area contributed by atoms with E-state index < -0.39 is 0 Å². The van der Waals surface area contributed by atoms with Crippen LogP contribution in [0.1, 0.15) is 26.3 Å². The minimum atomic E-state index is 0.175. The van der Waals surface area contributed by atoms with Crippen LogP contribution in [0.4, 0.5) is 11.6 Å². The molecule has 0 spiro atoms. The number of hydrogen-bond acceptors (Lipinski definition) is 5. The van der Waals surface area contributed by atoms with E-state index in [-0.39, 0.29) is 5.54 Å². The molecule has 1 aromatic rings. The van der Waals surface area contributed by atoms with Gasteiger partial charge in [0.2, 0.25) is 0 Å². The molecule has 1 aliphatic rings. The largest absolute Gasteiger partial charge is 0.370 e. The highest BCUT2D eigenvalue weighted by Gasteiger charge is 2.32. The van der Waals surface area contributed by atoms with Crippen molar-refractivity contribution in [2.24, 2.45) is 0 Å². The molecule has 0 unspecified atom stereocenters. The van der Waals surface area contributed by atoms with Crippen molar-refractivity contribution in [3.8, 4) is 0 Å². The Morgan fingerprint density at radius 2 is 2.05 bits per heavy atom. The van der Waals surface area contributed by atoms with Crippen LogP contribution in [0, 0.1) is 6.92 Å². The molecule has 2 rings (SSSR count). The first-order valence-electron chi connectivity index (χ1n) is 6.97. The summed E-state index contributed by atoms with van der Waals surface area (Å²) in [6, 6.07) is 0. The molecule has 106 valence electrons.